The van der Waals surface area contributed by atoms with Gasteiger partial charge in [0.25, 0.3) is 5.89 Å². The quantitative estimate of drug-likeness (QED) is 0.822. The first kappa shape index (κ1) is 11.2. The van der Waals surface area contributed by atoms with E-state index in [0.717, 1.165) is 31.8 Å². The van der Waals surface area contributed by atoms with Crippen LogP contribution in [0, 0.1) is 0 Å². The van der Waals surface area contributed by atoms with E-state index in [1.807, 2.05) is 0 Å². The Morgan fingerprint density at radius 3 is 3.17 bits per heavy atom. The summed E-state index contributed by atoms with van der Waals surface area (Å²) in [6.45, 7) is 1.93. The number of aromatic nitrogens is 3. The lowest BCUT2D eigenvalue weighted by atomic mass is 9.99. The lowest BCUT2D eigenvalue weighted by molar-refractivity contribution is 0.393. The SMILES string of the molecule is O=c1cc(-c2nc(C3CCCNC3)no2)cc[nH]1. The molecule has 6 heteroatoms. The van der Waals surface area contributed by atoms with Crippen molar-refractivity contribution in [2.24, 2.45) is 0 Å². The van der Waals surface area contributed by atoms with Gasteiger partial charge in [-0.3, -0.25) is 4.79 Å². The number of H-pyrrole nitrogens is 1. The standard InChI is InChI=1S/C12H14N4O2/c17-10-6-8(3-5-14-10)12-15-11(16-18-12)9-2-1-4-13-7-9/h3,5-6,9,13H,1-2,4,7H2,(H,14,17). The predicted molar refractivity (Wildman–Crippen MR) is 65.2 cm³/mol. The van der Waals surface area contributed by atoms with Crippen LogP contribution < -0.4 is 10.9 Å². The molecule has 18 heavy (non-hydrogen) atoms. The van der Waals surface area contributed by atoms with Gasteiger partial charge in [-0.2, -0.15) is 4.98 Å². The Kier molecular flexibility index (Phi) is 2.93. The summed E-state index contributed by atoms with van der Waals surface area (Å²) in [5.41, 5.74) is 0.479. The number of pyridine rings is 1. The largest absolute Gasteiger partial charge is 0.334 e. The molecule has 2 N–H and O–H groups in total. The fourth-order valence-electron chi connectivity index (χ4n) is 2.17. The van der Waals surface area contributed by atoms with E-state index in [9.17, 15) is 4.79 Å². The second-order valence-electron chi connectivity index (χ2n) is 4.44. The smallest absolute Gasteiger partial charge is 0.258 e. The van der Waals surface area contributed by atoms with Gasteiger partial charge in [-0.15, -0.1) is 0 Å². The van der Waals surface area contributed by atoms with E-state index in [1.54, 1.807) is 12.3 Å². The van der Waals surface area contributed by atoms with Gasteiger partial charge in [0.05, 0.1) is 0 Å². The average Bonchev–Trinajstić information content (AvgIpc) is 2.89. The molecule has 6 nitrogen and oxygen atoms in total. The van der Waals surface area contributed by atoms with Crippen LogP contribution >= 0.6 is 0 Å². The molecular weight excluding hydrogens is 232 g/mol. The number of rotatable bonds is 2. The van der Waals surface area contributed by atoms with Gasteiger partial charge in [-0.1, -0.05) is 5.16 Å². The van der Waals surface area contributed by atoms with E-state index < -0.39 is 0 Å². The summed E-state index contributed by atoms with van der Waals surface area (Å²) < 4.78 is 5.22. The Labute approximate surface area is 103 Å². The monoisotopic (exact) mass is 246 g/mol. The molecule has 0 aliphatic carbocycles. The van der Waals surface area contributed by atoms with Gasteiger partial charge in [0.1, 0.15) is 0 Å². The van der Waals surface area contributed by atoms with Crippen LogP contribution in [0.4, 0.5) is 0 Å². The van der Waals surface area contributed by atoms with Crippen molar-refractivity contribution in [3.05, 3.63) is 34.5 Å². The second-order valence-corrected chi connectivity index (χ2v) is 4.44. The van der Waals surface area contributed by atoms with Gasteiger partial charge in [-0.05, 0) is 25.5 Å². The maximum Gasteiger partial charge on any atom is 0.258 e. The predicted octanol–water partition coefficient (Wildman–Crippen LogP) is 0.892. The maximum atomic E-state index is 11.2. The highest BCUT2D eigenvalue weighted by Gasteiger charge is 2.21. The molecule has 1 atom stereocenters. The van der Waals surface area contributed by atoms with E-state index in [4.69, 9.17) is 4.52 Å². The summed E-state index contributed by atoms with van der Waals surface area (Å²) in [6, 6.07) is 3.20. The van der Waals surface area contributed by atoms with Crippen molar-refractivity contribution in [1.82, 2.24) is 20.4 Å². The first-order valence-corrected chi connectivity index (χ1v) is 6.06. The summed E-state index contributed by atoms with van der Waals surface area (Å²) in [6.07, 6.45) is 3.77. The van der Waals surface area contributed by atoms with Crippen molar-refractivity contribution < 1.29 is 4.52 Å². The number of nitrogens with one attached hydrogen (secondary N) is 2. The highest BCUT2D eigenvalue weighted by atomic mass is 16.5. The third kappa shape index (κ3) is 2.19. The van der Waals surface area contributed by atoms with Crippen LogP contribution in [0.15, 0.2) is 27.6 Å². The van der Waals surface area contributed by atoms with Gasteiger partial charge < -0.3 is 14.8 Å². The Hall–Kier alpha value is -1.95. The summed E-state index contributed by atoms with van der Waals surface area (Å²) in [4.78, 5) is 18.1. The van der Waals surface area contributed by atoms with Crippen LogP contribution in [0.1, 0.15) is 24.6 Å². The van der Waals surface area contributed by atoms with E-state index in [0.29, 0.717) is 17.4 Å². The molecule has 1 aliphatic heterocycles. The van der Waals surface area contributed by atoms with Crippen LogP contribution in [0.2, 0.25) is 0 Å². The Morgan fingerprint density at radius 1 is 1.44 bits per heavy atom. The molecule has 0 spiro atoms. The van der Waals surface area contributed by atoms with Crippen molar-refractivity contribution in [2.75, 3.05) is 13.1 Å². The zero-order chi connectivity index (χ0) is 12.4. The molecule has 2 aromatic heterocycles. The number of aromatic amines is 1. The van der Waals surface area contributed by atoms with Gasteiger partial charge in [0.2, 0.25) is 5.56 Å². The minimum absolute atomic E-state index is 0.174. The Balaban J connectivity index is 1.86. The first-order valence-electron chi connectivity index (χ1n) is 6.06. The lowest BCUT2D eigenvalue weighted by Crippen LogP contribution is -2.28. The van der Waals surface area contributed by atoms with E-state index in [1.165, 1.54) is 6.07 Å². The zero-order valence-corrected chi connectivity index (χ0v) is 9.85. The maximum absolute atomic E-state index is 11.2. The summed E-state index contributed by atoms with van der Waals surface area (Å²) in [5.74, 6) is 1.43. The van der Waals surface area contributed by atoms with E-state index in [-0.39, 0.29) is 5.56 Å². The molecular formula is C12H14N4O2. The van der Waals surface area contributed by atoms with Crippen molar-refractivity contribution >= 4 is 0 Å². The van der Waals surface area contributed by atoms with Gasteiger partial charge >= 0.3 is 0 Å². The fraction of sp³-hybridized carbons (Fsp3) is 0.417. The summed E-state index contributed by atoms with van der Waals surface area (Å²) >= 11 is 0. The van der Waals surface area contributed by atoms with Crippen molar-refractivity contribution in [1.29, 1.82) is 0 Å². The van der Waals surface area contributed by atoms with Crippen LogP contribution in [-0.4, -0.2) is 28.2 Å². The molecule has 0 radical (unpaired) electrons. The Bertz CT molecular complexity index is 584. The molecule has 0 bridgehead atoms. The molecule has 1 saturated heterocycles. The Morgan fingerprint density at radius 2 is 2.39 bits per heavy atom. The van der Waals surface area contributed by atoms with E-state index >= 15 is 0 Å². The molecule has 1 unspecified atom stereocenters. The highest BCUT2D eigenvalue weighted by Crippen LogP contribution is 2.23. The number of nitrogens with zero attached hydrogens (tertiary/aromatic N) is 2. The van der Waals surface area contributed by atoms with Gasteiger partial charge in [0.15, 0.2) is 5.82 Å². The number of hydrogen-bond donors (Lipinski definition) is 2. The summed E-state index contributed by atoms with van der Waals surface area (Å²) in [5, 5.41) is 7.32. The molecule has 0 aromatic carbocycles. The minimum Gasteiger partial charge on any atom is -0.334 e. The van der Waals surface area contributed by atoms with E-state index in [2.05, 4.69) is 20.4 Å². The van der Waals surface area contributed by atoms with Crippen LogP contribution in [0.5, 0.6) is 0 Å². The third-order valence-corrected chi connectivity index (χ3v) is 3.13. The third-order valence-electron chi connectivity index (χ3n) is 3.13. The van der Waals surface area contributed by atoms with Crippen molar-refractivity contribution in [3.8, 4) is 11.5 Å². The average molecular weight is 246 g/mol. The normalized spacial score (nSPS) is 19.9. The zero-order valence-electron chi connectivity index (χ0n) is 9.85. The molecule has 0 amide bonds. The number of piperidine rings is 1. The molecule has 2 aromatic rings. The van der Waals surface area contributed by atoms with Crippen LogP contribution in [0.25, 0.3) is 11.5 Å². The lowest BCUT2D eigenvalue weighted by Gasteiger charge is -2.19. The highest BCUT2D eigenvalue weighted by molar-refractivity contribution is 5.51. The van der Waals surface area contributed by atoms with Crippen molar-refractivity contribution in [2.45, 2.75) is 18.8 Å². The molecule has 1 fully saturated rings. The molecule has 94 valence electrons. The van der Waals surface area contributed by atoms with Gasteiger partial charge in [0, 0.05) is 30.3 Å². The topological polar surface area (TPSA) is 83.8 Å². The number of hydrogen-bond acceptors (Lipinski definition) is 5. The van der Waals surface area contributed by atoms with Crippen LogP contribution in [0.3, 0.4) is 0 Å². The fourth-order valence-corrected chi connectivity index (χ4v) is 2.17. The molecule has 3 heterocycles. The second kappa shape index (κ2) is 4.73. The minimum atomic E-state index is -0.174. The van der Waals surface area contributed by atoms with Crippen molar-refractivity contribution in [3.63, 3.8) is 0 Å². The molecule has 1 aliphatic rings. The van der Waals surface area contributed by atoms with Gasteiger partial charge in [-0.25, -0.2) is 0 Å². The summed E-state index contributed by atoms with van der Waals surface area (Å²) in [7, 11) is 0. The van der Waals surface area contributed by atoms with Crippen LogP contribution in [-0.2, 0) is 0 Å². The molecule has 0 saturated carbocycles. The first-order chi connectivity index (χ1) is 8.83. The molecule has 3 rings (SSSR count).